The first-order valence-electron chi connectivity index (χ1n) is 11.4. The second-order valence-corrected chi connectivity index (χ2v) is 9.26. The van der Waals surface area contributed by atoms with Gasteiger partial charge in [-0.3, -0.25) is 19.7 Å². The average molecular weight is 487 g/mol. The molecule has 0 spiro atoms. The molecule has 35 heavy (non-hydrogen) atoms. The summed E-state index contributed by atoms with van der Waals surface area (Å²) in [6, 6.07) is 5.85. The minimum atomic E-state index is -0.593. The molecule has 2 aromatic rings. The maximum atomic E-state index is 13.0. The number of nitro groups is 1. The van der Waals surface area contributed by atoms with Gasteiger partial charge in [-0.2, -0.15) is 5.10 Å². The number of nitrogens with zero attached hydrogens (tertiary/aromatic N) is 4. The van der Waals surface area contributed by atoms with Crippen molar-refractivity contribution in [2.75, 3.05) is 26.2 Å². The van der Waals surface area contributed by atoms with Gasteiger partial charge in [-0.1, -0.05) is 0 Å². The van der Waals surface area contributed by atoms with Crippen LogP contribution in [0.25, 0.3) is 5.69 Å². The molecule has 12 nitrogen and oxygen atoms in total. The number of carbonyl (C=O) groups is 3. The number of nitro benzene ring substituents is 1. The van der Waals surface area contributed by atoms with Crippen LogP contribution in [0.3, 0.4) is 0 Å². The van der Waals surface area contributed by atoms with Crippen molar-refractivity contribution < 1.29 is 24.0 Å². The largest absolute Gasteiger partial charge is 0.444 e. The highest BCUT2D eigenvalue weighted by Crippen LogP contribution is 2.20. The van der Waals surface area contributed by atoms with Gasteiger partial charge >= 0.3 is 6.09 Å². The smallest absolute Gasteiger partial charge is 0.407 e. The Hall–Kier alpha value is -3.96. The van der Waals surface area contributed by atoms with E-state index in [9.17, 15) is 24.5 Å². The molecular formula is C23H30N6O6. The van der Waals surface area contributed by atoms with E-state index >= 15 is 0 Å². The summed E-state index contributed by atoms with van der Waals surface area (Å²) >= 11 is 0. The lowest BCUT2D eigenvalue weighted by atomic mass is 9.96. The first-order valence-corrected chi connectivity index (χ1v) is 11.4. The molecule has 1 aromatic heterocycles. The van der Waals surface area contributed by atoms with Gasteiger partial charge in [-0.15, -0.1) is 0 Å². The minimum absolute atomic E-state index is 0.0320. The predicted octanol–water partition coefficient (Wildman–Crippen LogP) is 2.27. The fourth-order valence-electron chi connectivity index (χ4n) is 3.67. The molecule has 1 atom stereocenters. The quantitative estimate of drug-likeness (QED) is 0.346. The number of benzene rings is 1. The molecule has 1 aromatic carbocycles. The highest BCUT2D eigenvalue weighted by molar-refractivity contribution is 5.94. The molecule has 3 rings (SSSR count). The van der Waals surface area contributed by atoms with Crippen LogP contribution in [0.4, 0.5) is 10.5 Å². The van der Waals surface area contributed by atoms with Gasteiger partial charge in [-0.05, 0) is 45.7 Å². The molecule has 3 amide bonds. The number of piperidine rings is 1. The highest BCUT2D eigenvalue weighted by atomic mass is 16.6. The summed E-state index contributed by atoms with van der Waals surface area (Å²) in [7, 11) is 0. The standard InChI is InChI=1S/C23H30N6O6/c1-23(2,3)35-22(32)25-11-10-24-20(30)16-5-4-12-27(14-16)21(31)17-13-26-28(15-17)18-6-8-19(9-7-18)29(33)34/h6-9,13,15-16H,4-5,10-12,14H2,1-3H3,(H,24,30)(H,25,32). The van der Waals surface area contributed by atoms with Crippen LogP contribution in [0, 0.1) is 16.0 Å². The highest BCUT2D eigenvalue weighted by Gasteiger charge is 2.29. The Morgan fingerprint density at radius 3 is 2.51 bits per heavy atom. The number of non-ortho nitro benzene ring substituents is 1. The Bertz CT molecular complexity index is 1070. The molecule has 2 N–H and O–H groups in total. The second kappa shape index (κ2) is 11.0. The van der Waals surface area contributed by atoms with E-state index in [-0.39, 0.29) is 43.1 Å². The maximum absolute atomic E-state index is 13.0. The zero-order valence-electron chi connectivity index (χ0n) is 20.0. The van der Waals surface area contributed by atoms with Crippen molar-refractivity contribution >= 4 is 23.6 Å². The minimum Gasteiger partial charge on any atom is -0.444 e. The predicted molar refractivity (Wildman–Crippen MR) is 126 cm³/mol. The Labute approximate surface area is 202 Å². The third kappa shape index (κ3) is 7.26. The first-order chi connectivity index (χ1) is 16.5. The number of hydrogen-bond donors (Lipinski definition) is 2. The molecule has 1 unspecified atom stereocenters. The van der Waals surface area contributed by atoms with Crippen LogP contribution >= 0.6 is 0 Å². The van der Waals surface area contributed by atoms with E-state index in [1.54, 1.807) is 44.0 Å². The molecule has 1 saturated heterocycles. The van der Waals surface area contributed by atoms with Gasteiger partial charge in [0.25, 0.3) is 11.6 Å². The van der Waals surface area contributed by atoms with Gasteiger partial charge in [-0.25, -0.2) is 9.48 Å². The van der Waals surface area contributed by atoms with Crippen molar-refractivity contribution in [3.8, 4) is 5.69 Å². The number of likely N-dealkylation sites (tertiary alicyclic amines) is 1. The molecule has 0 aliphatic carbocycles. The zero-order valence-corrected chi connectivity index (χ0v) is 20.0. The van der Waals surface area contributed by atoms with Crippen LogP contribution in [-0.4, -0.2) is 69.3 Å². The van der Waals surface area contributed by atoms with E-state index in [0.717, 1.165) is 0 Å². The summed E-state index contributed by atoms with van der Waals surface area (Å²) in [4.78, 5) is 49.2. The first kappa shape index (κ1) is 25.7. The average Bonchev–Trinajstić information content (AvgIpc) is 3.30. The normalized spacial score (nSPS) is 15.9. The Balaban J connectivity index is 1.50. The van der Waals surface area contributed by atoms with Crippen LogP contribution in [0.5, 0.6) is 0 Å². The number of ether oxygens (including phenoxy) is 1. The fourth-order valence-corrected chi connectivity index (χ4v) is 3.67. The molecule has 0 saturated carbocycles. The van der Waals surface area contributed by atoms with Crippen molar-refractivity contribution in [3.63, 3.8) is 0 Å². The van der Waals surface area contributed by atoms with Crippen LogP contribution in [0.15, 0.2) is 36.7 Å². The lowest BCUT2D eigenvalue weighted by molar-refractivity contribution is -0.384. The molecule has 1 aliphatic rings. The van der Waals surface area contributed by atoms with Gasteiger partial charge in [0.2, 0.25) is 5.91 Å². The van der Waals surface area contributed by atoms with Crippen LogP contribution in [0.2, 0.25) is 0 Å². The summed E-state index contributed by atoms with van der Waals surface area (Å²) in [5.74, 6) is -0.753. The van der Waals surface area contributed by atoms with Crippen LogP contribution in [-0.2, 0) is 9.53 Å². The molecule has 12 heteroatoms. The summed E-state index contributed by atoms with van der Waals surface area (Å²) in [5, 5.41) is 20.4. The van der Waals surface area contributed by atoms with Crippen LogP contribution in [0.1, 0.15) is 44.0 Å². The third-order valence-corrected chi connectivity index (χ3v) is 5.33. The number of amides is 3. The van der Waals surface area contributed by atoms with Gasteiger partial charge in [0.05, 0.1) is 28.3 Å². The van der Waals surface area contributed by atoms with E-state index in [1.807, 2.05) is 0 Å². The molecule has 188 valence electrons. The topological polar surface area (TPSA) is 149 Å². The van der Waals surface area contributed by atoms with E-state index in [2.05, 4.69) is 15.7 Å². The molecule has 1 fully saturated rings. The number of hydrogen-bond acceptors (Lipinski definition) is 7. The molecule has 0 bridgehead atoms. The Kier molecular flexibility index (Phi) is 8.05. The van der Waals surface area contributed by atoms with Crippen LogP contribution < -0.4 is 10.6 Å². The third-order valence-electron chi connectivity index (χ3n) is 5.33. The van der Waals surface area contributed by atoms with Gasteiger partial charge in [0, 0.05) is 44.5 Å². The molecule has 2 heterocycles. The number of rotatable bonds is 7. The van der Waals surface area contributed by atoms with Crippen molar-refractivity contribution in [1.82, 2.24) is 25.3 Å². The van der Waals surface area contributed by atoms with Crippen molar-refractivity contribution in [3.05, 3.63) is 52.3 Å². The monoisotopic (exact) mass is 486 g/mol. The Morgan fingerprint density at radius 2 is 1.86 bits per heavy atom. The number of aromatic nitrogens is 2. The maximum Gasteiger partial charge on any atom is 0.407 e. The molecule has 1 aliphatic heterocycles. The van der Waals surface area contributed by atoms with E-state index in [0.29, 0.717) is 30.6 Å². The zero-order chi connectivity index (χ0) is 25.6. The number of alkyl carbamates (subject to hydrolysis) is 1. The molecular weight excluding hydrogens is 456 g/mol. The van der Waals surface area contributed by atoms with Crippen molar-refractivity contribution in [2.24, 2.45) is 5.92 Å². The number of nitrogens with one attached hydrogen (secondary N) is 2. The summed E-state index contributed by atoms with van der Waals surface area (Å²) < 4.78 is 6.62. The lowest BCUT2D eigenvalue weighted by Crippen LogP contribution is -2.46. The second-order valence-electron chi connectivity index (χ2n) is 9.26. The number of carbonyl (C=O) groups excluding carboxylic acids is 3. The summed E-state index contributed by atoms with van der Waals surface area (Å²) in [6.45, 7) is 6.61. The molecule has 0 radical (unpaired) electrons. The van der Waals surface area contributed by atoms with Gasteiger partial charge in [0.15, 0.2) is 0 Å². The fraction of sp³-hybridized carbons (Fsp3) is 0.478. The van der Waals surface area contributed by atoms with E-state index < -0.39 is 16.6 Å². The van der Waals surface area contributed by atoms with Crippen molar-refractivity contribution in [1.29, 1.82) is 0 Å². The SMILES string of the molecule is CC(C)(C)OC(=O)NCCNC(=O)C1CCCN(C(=O)c2cnn(-c3ccc([N+](=O)[O-])cc3)c2)C1. The van der Waals surface area contributed by atoms with E-state index in [1.165, 1.54) is 23.0 Å². The summed E-state index contributed by atoms with van der Waals surface area (Å²) in [5.41, 5.74) is 0.330. The lowest BCUT2D eigenvalue weighted by Gasteiger charge is -2.31. The summed E-state index contributed by atoms with van der Waals surface area (Å²) in [6.07, 6.45) is 3.81. The van der Waals surface area contributed by atoms with E-state index in [4.69, 9.17) is 4.74 Å². The van der Waals surface area contributed by atoms with Gasteiger partial charge in [0.1, 0.15) is 5.60 Å². The van der Waals surface area contributed by atoms with Crippen molar-refractivity contribution in [2.45, 2.75) is 39.2 Å². The van der Waals surface area contributed by atoms with Gasteiger partial charge < -0.3 is 20.3 Å². The Morgan fingerprint density at radius 1 is 1.17 bits per heavy atom.